The SMILES string of the molecule is CC(C)(C)OC(=O)NCCn1cc[nH]c1=O. The van der Waals surface area contributed by atoms with Crippen molar-refractivity contribution in [3.63, 3.8) is 0 Å². The molecule has 16 heavy (non-hydrogen) atoms. The fraction of sp³-hybridized carbons (Fsp3) is 0.600. The first-order valence-corrected chi connectivity index (χ1v) is 5.09. The highest BCUT2D eigenvalue weighted by Gasteiger charge is 2.15. The molecule has 0 bridgehead atoms. The zero-order valence-electron chi connectivity index (χ0n) is 9.74. The summed E-state index contributed by atoms with van der Waals surface area (Å²) in [5.41, 5.74) is -0.694. The topological polar surface area (TPSA) is 76.1 Å². The number of hydrogen-bond donors (Lipinski definition) is 2. The van der Waals surface area contributed by atoms with Crippen molar-refractivity contribution >= 4 is 6.09 Å². The smallest absolute Gasteiger partial charge is 0.407 e. The van der Waals surface area contributed by atoms with Crippen molar-refractivity contribution in [3.05, 3.63) is 22.9 Å². The maximum Gasteiger partial charge on any atom is 0.407 e. The van der Waals surface area contributed by atoms with E-state index < -0.39 is 11.7 Å². The Morgan fingerprint density at radius 3 is 2.75 bits per heavy atom. The lowest BCUT2D eigenvalue weighted by Gasteiger charge is -2.19. The Morgan fingerprint density at radius 1 is 1.56 bits per heavy atom. The number of hydrogen-bond acceptors (Lipinski definition) is 3. The fourth-order valence-electron chi connectivity index (χ4n) is 1.12. The third kappa shape index (κ3) is 4.20. The molecule has 0 atom stereocenters. The van der Waals surface area contributed by atoms with Crippen molar-refractivity contribution in [2.45, 2.75) is 32.9 Å². The van der Waals surface area contributed by atoms with Crippen LogP contribution in [0, 0.1) is 0 Å². The highest BCUT2D eigenvalue weighted by Crippen LogP contribution is 2.05. The van der Waals surface area contributed by atoms with Crippen LogP contribution >= 0.6 is 0 Å². The molecule has 0 saturated carbocycles. The van der Waals surface area contributed by atoms with Gasteiger partial charge >= 0.3 is 11.8 Å². The molecule has 0 aliphatic heterocycles. The van der Waals surface area contributed by atoms with Crippen molar-refractivity contribution in [3.8, 4) is 0 Å². The molecular formula is C10H17N3O3. The molecule has 0 saturated heterocycles. The van der Waals surface area contributed by atoms with Gasteiger partial charge in [0.25, 0.3) is 0 Å². The van der Waals surface area contributed by atoms with Crippen molar-refractivity contribution in [1.82, 2.24) is 14.9 Å². The number of imidazole rings is 1. The number of amides is 1. The molecule has 2 N–H and O–H groups in total. The van der Waals surface area contributed by atoms with E-state index in [0.29, 0.717) is 13.1 Å². The van der Waals surface area contributed by atoms with Gasteiger partial charge < -0.3 is 15.0 Å². The highest BCUT2D eigenvalue weighted by atomic mass is 16.6. The van der Waals surface area contributed by atoms with E-state index in [0.717, 1.165) is 0 Å². The van der Waals surface area contributed by atoms with Crippen molar-refractivity contribution < 1.29 is 9.53 Å². The Kier molecular flexibility index (Phi) is 3.76. The number of aromatic nitrogens is 2. The minimum atomic E-state index is -0.505. The predicted molar refractivity (Wildman–Crippen MR) is 59.3 cm³/mol. The van der Waals surface area contributed by atoms with Gasteiger partial charge in [0.2, 0.25) is 0 Å². The summed E-state index contributed by atoms with van der Waals surface area (Å²) in [4.78, 5) is 24.8. The van der Waals surface area contributed by atoms with Crippen LogP contribution in [0.1, 0.15) is 20.8 Å². The summed E-state index contributed by atoms with van der Waals surface area (Å²) >= 11 is 0. The van der Waals surface area contributed by atoms with E-state index in [4.69, 9.17) is 4.74 Å². The minimum absolute atomic E-state index is 0.189. The van der Waals surface area contributed by atoms with E-state index in [-0.39, 0.29) is 5.69 Å². The van der Waals surface area contributed by atoms with Crippen LogP contribution in [0.2, 0.25) is 0 Å². The molecule has 1 aromatic heterocycles. The van der Waals surface area contributed by atoms with Crippen LogP contribution < -0.4 is 11.0 Å². The summed E-state index contributed by atoms with van der Waals surface area (Å²) < 4.78 is 6.51. The normalized spacial score (nSPS) is 11.2. The Labute approximate surface area is 93.6 Å². The van der Waals surface area contributed by atoms with E-state index >= 15 is 0 Å². The molecule has 1 amide bonds. The van der Waals surface area contributed by atoms with Crippen LogP contribution in [-0.4, -0.2) is 27.8 Å². The number of aromatic amines is 1. The number of rotatable bonds is 3. The molecule has 90 valence electrons. The van der Waals surface area contributed by atoms with Crippen LogP contribution in [0.25, 0.3) is 0 Å². The zero-order chi connectivity index (χ0) is 12.2. The van der Waals surface area contributed by atoms with Gasteiger partial charge in [-0.3, -0.25) is 4.57 Å². The lowest BCUT2D eigenvalue weighted by Crippen LogP contribution is -2.35. The third-order valence-corrected chi connectivity index (χ3v) is 1.74. The summed E-state index contributed by atoms with van der Waals surface area (Å²) in [7, 11) is 0. The molecule has 1 heterocycles. The summed E-state index contributed by atoms with van der Waals surface area (Å²) in [5, 5.41) is 2.57. The van der Waals surface area contributed by atoms with Gasteiger partial charge in [0.15, 0.2) is 0 Å². The van der Waals surface area contributed by atoms with Crippen molar-refractivity contribution in [1.29, 1.82) is 0 Å². The molecule has 6 heteroatoms. The Morgan fingerprint density at radius 2 is 2.25 bits per heavy atom. The van der Waals surface area contributed by atoms with E-state index in [2.05, 4.69) is 10.3 Å². The average molecular weight is 227 g/mol. The molecule has 0 unspecified atom stereocenters. The first-order valence-electron chi connectivity index (χ1n) is 5.09. The van der Waals surface area contributed by atoms with Gasteiger partial charge in [0, 0.05) is 25.5 Å². The van der Waals surface area contributed by atoms with Crippen LogP contribution in [-0.2, 0) is 11.3 Å². The highest BCUT2D eigenvalue weighted by molar-refractivity contribution is 5.67. The first-order chi connectivity index (χ1) is 7.38. The lowest BCUT2D eigenvalue weighted by atomic mass is 10.2. The van der Waals surface area contributed by atoms with Gasteiger partial charge in [-0.05, 0) is 20.8 Å². The van der Waals surface area contributed by atoms with Crippen LogP contribution in [0.3, 0.4) is 0 Å². The van der Waals surface area contributed by atoms with Gasteiger partial charge in [-0.2, -0.15) is 0 Å². The van der Waals surface area contributed by atoms with Gasteiger partial charge in [0.1, 0.15) is 5.60 Å². The molecule has 1 rings (SSSR count). The number of carbonyl (C=O) groups is 1. The van der Waals surface area contributed by atoms with Crippen LogP contribution in [0.5, 0.6) is 0 Å². The van der Waals surface area contributed by atoms with E-state index in [9.17, 15) is 9.59 Å². The molecule has 0 aliphatic carbocycles. The van der Waals surface area contributed by atoms with Gasteiger partial charge in [-0.25, -0.2) is 9.59 Å². The maximum atomic E-state index is 11.2. The van der Waals surface area contributed by atoms with E-state index in [1.807, 2.05) is 0 Å². The Bertz CT molecular complexity index is 400. The van der Waals surface area contributed by atoms with Crippen LogP contribution in [0.4, 0.5) is 4.79 Å². The maximum absolute atomic E-state index is 11.2. The molecular weight excluding hydrogens is 210 g/mol. The van der Waals surface area contributed by atoms with E-state index in [1.165, 1.54) is 4.57 Å². The Balaban J connectivity index is 2.29. The summed E-state index contributed by atoms with van der Waals surface area (Å²) in [5.74, 6) is 0. The summed E-state index contributed by atoms with van der Waals surface area (Å²) in [6.45, 7) is 6.16. The second kappa shape index (κ2) is 4.87. The molecule has 0 aromatic carbocycles. The molecule has 1 aromatic rings. The molecule has 6 nitrogen and oxygen atoms in total. The van der Waals surface area contributed by atoms with Gasteiger partial charge in [-0.1, -0.05) is 0 Å². The van der Waals surface area contributed by atoms with E-state index in [1.54, 1.807) is 33.2 Å². The van der Waals surface area contributed by atoms with Crippen molar-refractivity contribution in [2.24, 2.45) is 0 Å². The number of carbonyl (C=O) groups excluding carboxylic acids is 1. The average Bonchev–Trinajstić information content (AvgIpc) is 2.48. The summed E-state index contributed by atoms with van der Waals surface area (Å²) in [6.07, 6.45) is 2.70. The molecule has 0 aliphatic rings. The fourth-order valence-corrected chi connectivity index (χ4v) is 1.12. The number of alkyl carbamates (subject to hydrolysis) is 1. The Hall–Kier alpha value is -1.72. The molecule has 0 radical (unpaired) electrons. The second-order valence-electron chi connectivity index (χ2n) is 4.39. The second-order valence-corrected chi connectivity index (χ2v) is 4.39. The van der Waals surface area contributed by atoms with Gasteiger partial charge in [0.05, 0.1) is 0 Å². The van der Waals surface area contributed by atoms with Crippen molar-refractivity contribution in [2.75, 3.05) is 6.54 Å². The first kappa shape index (κ1) is 12.4. The van der Waals surface area contributed by atoms with Gasteiger partial charge in [-0.15, -0.1) is 0 Å². The minimum Gasteiger partial charge on any atom is -0.444 e. The largest absolute Gasteiger partial charge is 0.444 e. The quantitative estimate of drug-likeness (QED) is 0.798. The lowest BCUT2D eigenvalue weighted by molar-refractivity contribution is 0.0526. The molecule has 0 fully saturated rings. The zero-order valence-corrected chi connectivity index (χ0v) is 9.74. The van der Waals surface area contributed by atoms with Crippen LogP contribution in [0.15, 0.2) is 17.2 Å². The summed E-state index contributed by atoms with van der Waals surface area (Å²) in [6, 6.07) is 0. The third-order valence-electron chi connectivity index (χ3n) is 1.74. The molecule has 0 spiro atoms. The predicted octanol–water partition coefficient (Wildman–Crippen LogP) is 0.701. The monoisotopic (exact) mass is 227 g/mol. The number of nitrogens with zero attached hydrogens (tertiary/aromatic N) is 1. The number of H-pyrrole nitrogens is 1. The standard InChI is InChI=1S/C10H17N3O3/c1-10(2,3)16-9(15)12-5-7-13-6-4-11-8(13)14/h4,6H,5,7H2,1-3H3,(H,11,14)(H,12,15). The number of nitrogens with one attached hydrogen (secondary N) is 2. The number of ether oxygens (including phenoxy) is 1.